The Kier molecular flexibility index (Phi) is 2.37. The summed E-state index contributed by atoms with van der Waals surface area (Å²) in [5.41, 5.74) is -0.974. The van der Waals surface area contributed by atoms with Crippen LogP contribution in [0.5, 0.6) is 0 Å². The van der Waals surface area contributed by atoms with E-state index in [2.05, 4.69) is 0 Å². The standard InChI is InChI=1S/C10H14Cl2O2/c1-9(5-13)6-2-3-10(9,4-11)8(14)7(6)12/h6-7,13H,2-5H2,1H3. The summed E-state index contributed by atoms with van der Waals surface area (Å²) in [5.74, 6) is 0.421. The minimum Gasteiger partial charge on any atom is -0.396 e. The first kappa shape index (κ1) is 10.7. The average molecular weight is 237 g/mol. The van der Waals surface area contributed by atoms with Crippen LogP contribution in [-0.2, 0) is 4.79 Å². The van der Waals surface area contributed by atoms with Gasteiger partial charge < -0.3 is 5.11 Å². The van der Waals surface area contributed by atoms with Crippen molar-refractivity contribution in [3.8, 4) is 0 Å². The summed E-state index contributed by atoms with van der Waals surface area (Å²) in [6.07, 6.45) is 1.68. The Morgan fingerprint density at radius 1 is 1.64 bits per heavy atom. The molecule has 2 rings (SSSR count). The van der Waals surface area contributed by atoms with E-state index >= 15 is 0 Å². The maximum atomic E-state index is 12.0. The number of alkyl halides is 2. The molecule has 1 N–H and O–H groups in total. The van der Waals surface area contributed by atoms with E-state index in [1.807, 2.05) is 6.92 Å². The maximum Gasteiger partial charge on any atom is 0.158 e. The highest BCUT2D eigenvalue weighted by atomic mass is 35.5. The lowest BCUT2D eigenvalue weighted by atomic mass is 9.69. The van der Waals surface area contributed by atoms with Crippen LogP contribution in [0.25, 0.3) is 0 Å². The van der Waals surface area contributed by atoms with Crippen LogP contribution in [0.2, 0.25) is 0 Å². The molecule has 0 spiro atoms. The Morgan fingerprint density at radius 2 is 2.29 bits per heavy atom. The van der Waals surface area contributed by atoms with Gasteiger partial charge in [-0.05, 0) is 18.8 Å². The van der Waals surface area contributed by atoms with E-state index in [9.17, 15) is 9.90 Å². The van der Waals surface area contributed by atoms with E-state index in [1.165, 1.54) is 0 Å². The fourth-order valence-electron chi connectivity index (χ4n) is 3.24. The Labute approximate surface area is 93.6 Å². The highest BCUT2D eigenvalue weighted by Gasteiger charge is 2.69. The highest BCUT2D eigenvalue weighted by Crippen LogP contribution is 2.65. The molecule has 0 aliphatic heterocycles. The third-order valence-electron chi connectivity index (χ3n) is 4.43. The molecule has 0 saturated heterocycles. The minimum absolute atomic E-state index is 0.000648. The summed E-state index contributed by atoms with van der Waals surface area (Å²) in [6, 6.07) is 0. The van der Waals surface area contributed by atoms with Gasteiger partial charge in [0, 0.05) is 17.9 Å². The summed E-state index contributed by atoms with van der Waals surface area (Å²) < 4.78 is 0. The normalized spacial score (nSPS) is 51.6. The van der Waals surface area contributed by atoms with Crippen LogP contribution >= 0.6 is 23.2 Å². The average Bonchev–Trinajstić information content (AvgIpc) is 2.57. The third kappa shape index (κ3) is 0.903. The molecule has 80 valence electrons. The van der Waals surface area contributed by atoms with Crippen LogP contribution in [0, 0.1) is 16.7 Å². The largest absolute Gasteiger partial charge is 0.396 e. The Morgan fingerprint density at radius 3 is 2.71 bits per heavy atom. The van der Waals surface area contributed by atoms with Crippen LogP contribution in [0.1, 0.15) is 19.8 Å². The van der Waals surface area contributed by atoms with Crippen LogP contribution in [-0.4, -0.2) is 28.8 Å². The Hall–Kier alpha value is 0.210. The van der Waals surface area contributed by atoms with Crippen molar-refractivity contribution < 1.29 is 9.90 Å². The molecule has 0 heterocycles. The number of carbonyl (C=O) groups is 1. The van der Waals surface area contributed by atoms with E-state index in [0.717, 1.165) is 12.8 Å². The van der Waals surface area contributed by atoms with Gasteiger partial charge in [0.15, 0.2) is 5.78 Å². The van der Waals surface area contributed by atoms with Gasteiger partial charge >= 0.3 is 0 Å². The van der Waals surface area contributed by atoms with Gasteiger partial charge in [0.25, 0.3) is 0 Å². The number of hydrogen-bond donors (Lipinski definition) is 1. The number of fused-ring (bicyclic) bond motifs is 2. The SMILES string of the molecule is CC1(CO)C2CCC1(CCl)C(=O)C2Cl. The van der Waals surface area contributed by atoms with Crippen molar-refractivity contribution in [3.63, 3.8) is 0 Å². The first-order valence-corrected chi connectivity index (χ1v) is 5.86. The van der Waals surface area contributed by atoms with Gasteiger partial charge in [-0.2, -0.15) is 0 Å². The van der Waals surface area contributed by atoms with E-state index in [0.29, 0.717) is 0 Å². The third-order valence-corrected chi connectivity index (χ3v) is 5.38. The zero-order chi connectivity index (χ0) is 10.6. The monoisotopic (exact) mass is 236 g/mol. The molecule has 4 heteroatoms. The summed E-state index contributed by atoms with van der Waals surface area (Å²) in [5, 5.41) is 9.02. The molecule has 2 saturated carbocycles. The number of hydrogen-bond acceptors (Lipinski definition) is 2. The molecule has 0 radical (unpaired) electrons. The van der Waals surface area contributed by atoms with E-state index in [-0.39, 0.29) is 24.2 Å². The molecule has 2 aliphatic carbocycles. The van der Waals surface area contributed by atoms with Gasteiger partial charge in [0.1, 0.15) is 0 Å². The highest BCUT2D eigenvalue weighted by molar-refractivity contribution is 6.34. The van der Waals surface area contributed by atoms with Crippen LogP contribution in [0.4, 0.5) is 0 Å². The van der Waals surface area contributed by atoms with Crippen molar-refractivity contribution in [2.45, 2.75) is 25.1 Å². The molecular formula is C10H14Cl2O2. The van der Waals surface area contributed by atoms with Gasteiger partial charge in [-0.25, -0.2) is 0 Å². The fraction of sp³-hybridized carbons (Fsp3) is 0.900. The van der Waals surface area contributed by atoms with Gasteiger partial charge in [0.2, 0.25) is 0 Å². The molecule has 0 aromatic rings. The van der Waals surface area contributed by atoms with Crippen molar-refractivity contribution in [2.75, 3.05) is 12.5 Å². The molecule has 4 atom stereocenters. The van der Waals surface area contributed by atoms with Crippen molar-refractivity contribution in [1.29, 1.82) is 0 Å². The fourth-order valence-corrected chi connectivity index (χ4v) is 4.42. The number of carbonyl (C=O) groups excluding carboxylic acids is 1. The Bertz CT molecular complexity index is 281. The van der Waals surface area contributed by atoms with Gasteiger partial charge in [0.05, 0.1) is 10.8 Å². The topological polar surface area (TPSA) is 37.3 Å². The number of Topliss-reactive ketones (excluding diaryl/α,β-unsaturated/α-hetero) is 1. The van der Waals surface area contributed by atoms with Gasteiger partial charge in [-0.15, -0.1) is 23.2 Å². The summed E-state index contributed by atoms with van der Waals surface area (Å²) in [6.45, 7) is 1.94. The first-order valence-electron chi connectivity index (χ1n) is 4.89. The molecule has 2 bridgehead atoms. The molecule has 4 unspecified atom stereocenters. The lowest BCUT2D eigenvalue weighted by Gasteiger charge is -2.36. The molecule has 2 nitrogen and oxygen atoms in total. The molecule has 0 aromatic heterocycles. The second-order valence-corrected chi connectivity index (χ2v) is 5.44. The molecule has 2 fully saturated rings. The molecule has 2 aliphatic rings. The van der Waals surface area contributed by atoms with Crippen molar-refractivity contribution >= 4 is 29.0 Å². The summed E-state index contributed by atoms with van der Waals surface area (Å²) in [4.78, 5) is 12.0. The number of rotatable bonds is 2. The van der Waals surface area contributed by atoms with Crippen molar-refractivity contribution in [3.05, 3.63) is 0 Å². The van der Waals surface area contributed by atoms with E-state index in [4.69, 9.17) is 23.2 Å². The summed E-state index contributed by atoms with van der Waals surface area (Å²) >= 11 is 12.0. The van der Waals surface area contributed by atoms with Crippen molar-refractivity contribution in [1.82, 2.24) is 0 Å². The zero-order valence-corrected chi connectivity index (χ0v) is 9.61. The van der Waals surface area contributed by atoms with E-state index < -0.39 is 16.2 Å². The zero-order valence-electron chi connectivity index (χ0n) is 8.09. The van der Waals surface area contributed by atoms with Crippen LogP contribution in [0.3, 0.4) is 0 Å². The lowest BCUT2D eigenvalue weighted by Crippen LogP contribution is -2.42. The molecule has 0 aromatic carbocycles. The number of aliphatic hydroxyl groups is 1. The smallest absolute Gasteiger partial charge is 0.158 e. The number of aliphatic hydroxyl groups excluding tert-OH is 1. The molecular weight excluding hydrogens is 223 g/mol. The minimum atomic E-state index is -0.569. The maximum absolute atomic E-state index is 12.0. The second-order valence-electron chi connectivity index (χ2n) is 4.70. The Balaban J connectivity index is 2.50. The molecule has 0 amide bonds. The molecule has 14 heavy (non-hydrogen) atoms. The lowest BCUT2D eigenvalue weighted by molar-refractivity contribution is -0.128. The van der Waals surface area contributed by atoms with Crippen LogP contribution in [0.15, 0.2) is 0 Å². The summed E-state index contributed by atoms with van der Waals surface area (Å²) in [7, 11) is 0. The van der Waals surface area contributed by atoms with Crippen LogP contribution < -0.4 is 0 Å². The predicted octanol–water partition coefficient (Wildman–Crippen LogP) is 1.81. The quantitative estimate of drug-likeness (QED) is 0.743. The van der Waals surface area contributed by atoms with Gasteiger partial charge in [-0.3, -0.25) is 4.79 Å². The van der Waals surface area contributed by atoms with E-state index in [1.54, 1.807) is 0 Å². The second kappa shape index (κ2) is 3.10. The predicted molar refractivity (Wildman–Crippen MR) is 55.7 cm³/mol. The number of ketones is 1. The van der Waals surface area contributed by atoms with Crippen molar-refractivity contribution in [2.24, 2.45) is 16.7 Å². The number of halogens is 2. The van der Waals surface area contributed by atoms with Gasteiger partial charge in [-0.1, -0.05) is 6.92 Å². The first-order chi connectivity index (χ1) is 6.53.